The van der Waals surface area contributed by atoms with Crippen molar-refractivity contribution in [3.8, 4) is 10.4 Å². The number of thiophene rings is 1. The number of aromatic nitrogens is 2. The van der Waals surface area contributed by atoms with E-state index in [1.165, 1.54) is 11.3 Å². The third-order valence-electron chi connectivity index (χ3n) is 3.00. The Morgan fingerprint density at radius 3 is 2.81 bits per heavy atom. The van der Waals surface area contributed by atoms with Crippen LogP contribution in [0.15, 0.2) is 35.1 Å². The molecular weight excluding hydrogens is 282 g/mol. The van der Waals surface area contributed by atoms with Gasteiger partial charge in [0.25, 0.3) is 5.56 Å². The average Bonchev–Trinajstić information content (AvgIpc) is 2.96. The summed E-state index contributed by atoms with van der Waals surface area (Å²) in [7, 11) is 0. The molecule has 1 aromatic carbocycles. The van der Waals surface area contributed by atoms with Gasteiger partial charge in [-0.1, -0.05) is 29.8 Å². The van der Waals surface area contributed by atoms with Crippen LogP contribution in [0.4, 0.5) is 5.95 Å². The van der Waals surface area contributed by atoms with Crippen molar-refractivity contribution in [1.29, 1.82) is 0 Å². The van der Waals surface area contributed by atoms with Crippen LogP contribution in [0, 0.1) is 6.92 Å². The topological polar surface area (TPSA) is 57.8 Å². The molecule has 3 aromatic rings. The van der Waals surface area contributed by atoms with Gasteiger partial charge >= 0.3 is 0 Å². The van der Waals surface area contributed by atoms with E-state index in [0.717, 1.165) is 16.0 Å². The number of fused-ring (bicyclic) bond motifs is 1. The Balaban J connectivity index is 2.01. The van der Waals surface area contributed by atoms with E-state index in [1.54, 1.807) is 6.07 Å². The molecule has 4 nitrogen and oxygen atoms in total. The standard InChI is InChI=1S/C16H17N3OS/c1-9(2)17-16-18-12-8-13(21-14(12)15(20)19-16)11-6-4-10(3)5-7-11/h4-9H,1-3H3,(H2,17,18,19,20)/i1D3,2D3. The van der Waals surface area contributed by atoms with Crippen LogP contribution in [-0.2, 0) is 0 Å². The van der Waals surface area contributed by atoms with Crippen LogP contribution in [-0.4, -0.2) is 16.0 Å². The maximum Gasteiger partial charge on any atom is 0.270 e. The Morgan fingerprint density at radius 2 is 2.10 bits per heavy atom. The molecular formula is C16H17N3OS. The molecule has 0 aliphatic carbocycles. The summed E-state index contributed by atoms with van der Waals surface area (Å²) in [6.07, 6.45) is 0. The Morgan fingerprint density at radius 1 is 1.33 bits per heavy atom. The Kier molecular flexibility index (Phi) is 2.12. The van der Waals surface area contributed by atoms with Gasteiger partial charge in [0.1, 0.15) is 4.70 Å². The van der Waals surface area contributed by atoms with E-state index in [-0.39, 0.29) is 5.95 Å². The highest BCUT2D eigenvalue weighted by Crippen LogP contribution is 2.31. The van der Waals surface area contributed by atoms with Crippen molar-refractivity contribution in [1.82, 2.24) is 9.97 Å². The molecule has 0 amide bonds. The highest BCUT2D eigenvalue weighted by atomic mass is 32.1. The van der Waals surface area contributed by atoms with E-state index in [9.17, 15) is 4.79 Å². The van der Waals surface area contributed by atoms with Crippen LogP contribution >= 0.6 is 11.3 Å². The minimum Gasteiger partial charge on any atom is -0.354 e. The van der Waals surface area contributed by atoms with Crippen molar-refractivity contribution in [3.05, 3.63) is 46.2 Å². The van der Waals surface area contributed by atoms with Crippen molar-refractivity contribution in [2.24, 2.45) is 0 Å². The monoisotopic (exact) mass is 305 g/mol. The summed E-state index contributed by atoms with van der Waals surface area (Å²) in [4.78, 5) is 19.9. The molecule has 2 N–H and O–H groups in total. The molecule has 5 heteroatoms. The van der Waals surface area contributed by atoms with Gasteiger partial charge in [0, 0.05) is 19.1 Å². The van der Waals surface area contributed by atoms with Gasteiger partial charge in [-0.15, -0.1) is 11.3 Å². The Bertz CT molecular complexity index is 1010. The van der Waals surface area contributed by atoms with Gasteiger partial charge < -0.3 is 5.32 Å². The fourth-order valence-electron chi connectivity index (χ4n) is 2.01. The fraction of sp³-hybridized carbons (Fsp3) is 0.250. The van der Waals surface area contributed by atoms with E-state index in [1.807, 2.05) is 31.2 Å². The fourth-order valence-corrected chi connectivity index (χ4v) is 3.00. The van der Waals surface area contributed by atoms with Crippen LogP contribution in [0.5, 0.6) is 0 Å². The van der Waals surface area contributed by atoms with Crippen LogP contribution in [0.3, 0.4) is 0 Å². The lowest BCUT2D eigenvalue weighted by atomic mass is 10.1. The molecule has 0 aliphatic heterocycles. The number of rotatable bonds is 3. The number of benzene rings is 1. The van der Waals surface area contributed by atoms with Crippen LogP contribution in [0.2, 0.25) is 0 Å². The van der Waals surface area contributed by atoms with Gasteiger partial charge in [-0.25, -0.2) is 4.98 Å². The second kappa shape index (κ2) is 5.33. The zero-order valence-corrected chi connectivity index (χ0v) is 12.0. The van der Waals surface area contributed by atoms with Crippen molar-refractivity contribution in [2.45, 2.75) is 26.7 Å². The van der Waals surface area contributed by atoms with Gasteiger partial charge in [-0.3, -0.25) is 9.78 Å². The summed E-state index contributed by atoms with van der Waals surface area (Å²) in [6, 6.07) is 7.67. The predicted octanol–water partition coefficient (Wildman–Crippen LogP) is 3.78. The maximum atomic E-state index is 12.4. The molecule has 2 aromatic heterocycles. The van der Waals surface area contributed by atoms with Gasteiger partial charge in [0.15, 0.2) is 0 Å². The van der Waals surface area contributed by atoms with Gasteiger partial charge in [-0.05, 0) is 32.3 Å². The van der Waals surface area contributed by atoms with E-state index >= 15 is 0 Å². The highest BCUT2D eigenvalue weighted by Gasteiger charge is 2.10. The van der Waals surface area contributed by atoms with E-state index in [0.29, 0.717) is 10.2 Å². The molecule has 0 bridgehead atoms. The zero-order chi connectivity index (χ0) is 20.0. The summed E-state index contributed by atoms with van der Waals surface area (Å²) in [5.41, 5.74) is 1.96. The maximum absolute atomic E-state index is 12.4. The first-order chi connectivity index (χ1) is 12.4. The molecule has 0 radical (unpaired) electrons. The number of anilines is 1. The van der Waals surface area contributed by atoms with E-state index in [2.05, 4.69) is 15.3 Å². The molecule has 2 heterocycles. The SMILES string of the molecule is [2H]C([2H])([2H])C(Nc1nc2cc(-c3ccc(C)cc3)sc2c(=O)[nH]1)C([2H])([2H])[2H]. The summed E-state index contributed by atoms with van der Waals surface area (Å²) in [6.45, 7) is -3.60. The molecule has 3 rings (SSSR count). The summed E-state index contributed by atoms with van der Waals surface area (Å²) in [5, 5.41) is 2.36. The lowest BCUT2D eigenvalue weighted by Gasteiger charge is -2.07. The third kappa shape index (κ3) is 2.83. The molecule has 0 atom stereocenters. The summed E-state index contributed by atoms with van der Waals surface area (Å²) < 4.78 is 45.0. The minimum atomic E-state index is -2.79. The number of hydrogen-bond acceptors (Lipinski definition) is 4. The Labute approximate surface area is 135 Å². The summed E-state index contributed by atoms with van der Waals surface area (Å²) in [5.74, 6) is -0.182. The van der Waals surface area contributed by atoms with Crippen molar-refractivity contribution in [3.63, 3.8) is 0 Å². The first-order valence-electron chi connectivity index (χ1n) is 9.32. The molecule has 0 aliphatic rings. The third-order valence-corrected chi connectivity index (χ3v) is 4.17. The summed E-state index contributed by atoms with van der Waals surface area (Å²) >= 11 is 1.27. The van der Waals surface area contributed by atoms with Gasteiger partial charge in [-0.2, -0.15) is 0 Å². The lowest BCUT2D eigenvalue weighted by Crippen LogP contribution is -2.16. The van der Waals surface area contributed by atoms with E-state index < -0.39 is 25.3 Å². The quantitative estimate of drug-likeness (QED) is 0.774. The molecule has 0 saturated heterocycles. The second-order valence-electron chi connectivity index (χ2n) is 4.68. The largest absolute Gasteiger partial charge is 0.354 e. The number of H-pyrrole nitrogens is 1. The van der Waals surface area contributed by atoms with Crippen molar-refractivity contribution < 1.29 is 8.22 Å². The highest BCUT2D eigenvalue weighted by molar-refractivity contribution is 7.22. The Hall–Kier alpha value is -2.14. The average molecular weight is 305 g/mol. The van der Waals surface area contributed by atoms with Gasteiger partial charge in [0.2, 0.25) is 5.95 Å². The number of nitrogens with zero attached hydrogens (tertiary/aromatic N) is 1. The second-order valence-corrected chi connectivity index (χ2v) is 5.74. The van der Waals surface area contributed by atoms with Crippen molar-refractivity contribution in [2.75, 3.05) is 5.32 Å². The molecule has 0 fully saturated rings. The number of aromatic amines is 1. The first kappa shape index (κ1) is 8.34. The molecule has 0 spiro atoms. The first-order valence-corrected chi connectivity index (χ1v) is 7.14. The van der Waals surface area contributed by atoms with E-state index in [4.69, 9.17) is 8.22 Å². The molecule has 0 unspecified atom stereocenters. The number of aryl methyl sites for hydroxylation is 1. The molecule has 0 saturated carbocycles. The van der Waals surface area contributed by atoms with Crippen LogP contribution in [0.1, 0.15) is 27.5 Å². The van der Waals surface area contributed by atoms with Crippen LogP contribution < -0.4 is 10.9 Å². The molecule has 21 heavy (non-hydrogen) atoms. The zero-order valence-electron chi connectivity index (χ0n) is 17.2. The smallest absolute Gasteiger partial charge is 0.270 e. The predicted molar refractivity (Wildman–Crippen MR) is 89.2 cm³/mol. The number of nitrogens with one attached hydrogen (secondary N) is 2. The normalized spacial score (nSPS) is 16.7. The van der Waals surface area contributed by atoms with Crippen molar-refractivity contribution >= 4 is 27.5 Å². The molecule has 108 valence electrons. The number of hydrogen-bond donors (Lipinski definition) is 2. The lowest BCUT2D eigenvalue weighted by molar-refractivity contribution is 0.875. The van der Waals surface area contributed by atoms with Crippen LogP contribution in [0.25, 0.3) is 20.7 Å². The minimum absolute atomic E-state index is 0.182. The van der Waals surface area contributed by atoms with Gasteiger partial charge in [0.05, 0.1) is 5.52 Å².